The van der Waals surface area contributed by atoms with E-state index in [1.165, 1.54) is 0 Å². The number of rotatable bonds is 0. The highest BCUT2D eigenvalue weighted by Gasteiger charge is 2.51. The Morgan fingerprint density at radius 1 is 1.60 bits per heavy atom. The summed E-state index contributed by atoms with van der Waals surface area (Å²) in [5, 5.41) is 12.4. The molecule has 1 aromatic rings. The van der Waals surface area contributed by atoms with Crippen molar-refractivity contribution in [2.75, 3.05) is 5.32 Å². The summed E-state index contributed by atoms with van der Waals surface area (Å²) in [6.45, 7) is 0. The van der Waals surface area contributed by atoms with Crippen LogP contribution in [0.4, 0.5) is 5.82 Å². The number of hydrogen-bond acceptors (Lipinski definition) is 3. The molecule has 2 heterocycles. The van der Waals surface area contributed by atoms with Gasteiger partial charge in [0.1, 0.15) is 5.82 Å². The highest BCUT2D eigenvalue weighted by atomic mass is 16.3. The van der Waals surface area contributed by atoms with Gasteiger partial charge in [0, 0.05) is 11.8 Å². The van der Waals surface area contributed by atoms with Crippen LogP contribution in [0.1, 0.15) is 24.8 Å². The van der Waals surface area contributed by atoms with Gasteiger partial charge in [0.2, 0.25) is 5.91 Å². The summed E-state index contributed by atoms with van der Waals surface area (Å²) in [5.41, 5.74) is 0.440. The lowest BCUT2D eigenvalue weighted by molar-refractivity contribution is -0.120. The molecular formula is C11H12N2O2. The number of anilines is 1. The van der Waals surface area contributed by atoms with Gasteiger partial charge in [-0.25, -0.2) is 4.98 Å². The van der Waals surface area contributed by atoms with Gasteiger partial charge in [-0.2, -0.15) is 0 Å². The third-order valence-electron chi connectivity index (χ3n) is 3.48. The number of carbonyl (C=O) groups is 1. The van der Waals surface area contributed by atoms with Crippen molar-refractivity contribution in [2.45, 2.75) is 30.8 Å². The van der Waals surface area contributed by atoms with Gasteiger partial charge in [-0.1, -0.05) is 6.07 Å². The molecule has 15 heavy (non-hydrogen) atoms. The Kier molecular flexibility index (Phi) is 1.65. The van der Waals surface area contributed by atoms with Gasteiger partial charge in [-0.05, 0) is 25.3 Å². The molecular weight excluding hydrogens is 192 g/mol. The lowest BCUT2D eigenvalue weighted by Gasteiger charge is -2.19. The van der Waals surface area contributed by atoms with E-state index in [1.807, 2.05) is 12.1 Å². The molecule has 2 aliphatic rings. The number of fused-ring (bicyclic) bond motifs is 2. The summed E-state index contributed by atoms with van der Waals surface area (Å²) in [5.74, 6) is 0.657. The van der Waals surface area contributed by atoms with E-state index in [2.05, 4.69) is 10.3 Å². The predicted molar refractivity (Wildman–Crippen MR) is 54.4 cm³/mol. The number of nitrogens with one attached hydrogen (secondary N) is 1. The second kappa shape index (κ2) is 2.79. The van der Waals surface area contributed by atoms with Gasteiger partial charge in [0.05, 0.1) is 11.5 Å². The van der Waals surface area contributed by atoms with E-state index < -0.39 is 5.41 Å². The first-order valence-electron chi connectivity index (χ1n) is 5.17. The molecule has 0 radical (unpaired) electrons. The summed E-state index contributed by atoms with van der Waals surface area (Å²) in [6, 6.07) is 3.77. The topological polar surface area (TPSA) is 62.2 Å². The maximum atomic E-state index is 11.9. The lowest BCUT2D eigenvalue weighted by atomic mass is 9.81. The lowest BCUT2D eigenvalue weighted by Crippen LogP contribution is -2.32. The van der Waals surface area contributed by atoms with Crippen LogP contribution in [-0.4, -0.2) is 22.1 Å². The first-order chi connectivity index (χ1) is 7.22. The second-order valence-corrected chi connectivity index (χ2v) is 4.33. The molecule has 3 rings (SSSR count). The maximum absolute atomic E-state index is 11.9. The molecule has 0 aromatic carbocycles. The first kappa shape index (κ1) is 8.85. The van der Waals surface area contributed by atoms with Crippen LogP contribution < -0.4 is 5.32 Å². The molecule has 4 nitrogen and oxygen atoms in total. The minimum Gasteiger partial charge on any atom is -0.393 e. The Hall–Kier alpha value is -1.42. The average Bonchev–Trinajstić information content (AvgIpc) is 2.73. The summed E-state index contributed by atoms with van der Waals surface area (Å²) in [4.78, 5) is 16.1. The zero-order valence-corrected chi connectivity index (χ0v) is 8.23. The zero-order chi connectivity index (χ0) is 10.5. The van der Waals surface area contributed by atoms with Gasteiger partial charge >= 0.3 is 0 Å². The molecule has 1 aliphatic carbocycles. The van der Waals surface area contributed by atoms with Crippen LogP contribution in [0, 0.1) is 0 Å². The molecule has 1 saturated carbocycles. The number of carbonyl (C=O) groups excluding carboxylic acids is 1. The number of hydrogen-bond donors (Lipinski definition) is 2. The number of aliphatic hydroxyl groups is 1. The van der Waals surface area contributed by atoms with Crippen molar-refractivity contribution < 1.29 is 9.90 Å². The number of pyridine rings is 1. The van der Waals surface area contributed by atoms with Crippen molar-refractivity contribution in [3.63, 3.8) is 0 Å². The van der Waals surface area contributed by atoms with E-state index in [-0.39, 0.29) is 12.0 Å². The molecule has 2 atom stereocenters. The highest BCUT2D eigenvalue weighted by Crippen LogP contribution is 2.47. The fraction of sp³-hybridized carbons (Fsp3) is 0.455. The van der Waals surface area contributed by atoms with E-state index in [9.17, 15) is 9.90 Å². The fourth-order valence-electron chi connectivity index (χ4n) is 2.71. The van der Waals surface area contributed by atoms with Crippen LogP contribution in [0.3, 0.4) is 0 Å². The average molecular weight is 204 g/mol. The zero-order valence-electron chi connectivity index (χ0n) is 8.23. The number of aromatic nitrogens is 1. The monoisotopic (exact) mass is 204 g/mol. The second-order valence-electron chi connectivity index (χ2n) is 4.33. The summed E-state index contributed by atoms with van der Waals surface area (Å²) < 4.78 is 0. The molecule has 0 saturated heterocycles. The van der Waals surface area contributed by atoms with Gasteiger partial charge < -0.3 is 10.4 Å². The SMILES string of the molecule is O=C1Nc2ncccc2C12CCC(O)C2. The van der Waals surface area contributed by atoms with Crippen molar-refractivity contribution in [1.29, 1.82) is 0 Å². The Balaban J connectivity index is 2.13. The quantitative estimate of drug-likeness (QED) is 0.657. The summed E-state index contributed by atoms with van der Waals surface area (Å²) in [7, 11) is 0. The van der Waals surface area contributed by atoms with E-state index in [4.69, 9.17) is 0 Å². The number of aliphatic hydroxyl groups excluding tert-OH is 1. The van der Waals surface area contributed by atoms with Crippen molar-refractivity contribution in [1.82, 2.24) is 4.98 Å². The maximum Gasteiger partial charge on any atom is 0.236 e. The van der Waals surface area contributed by atoms with Gasteiger partial charge in [-0.3, -0.25) is 4.79 Å². The molecule has 1 spiro atoms. The molecule has 4 heteroatoms. The van der Waals surface area contributed by atoms with Crippen molar-refractivity contribution in [3.05, 3.63) is 23.9 Å². The number of amides is 1. The summed E-state index contributed by atoms with van der Waals surface area (Å²) in [6.07, 6.45) is 3.25. The van der Waals surface area contributed by atoms with Gasteiger partial charge in [0.25, 0.3) is 0 Å². The smallest absolute Gasteiger partial charge is 0.236 e. The number of nitrogens with zero attached hydrogens (tertiary/aromatic N) is 1. The van der Waals surface area contributed by atoms with Crippen molar-refractivity contribution >= 4 is 11.7 Å². The Morgan fingerprint density at radius 2 is 2.47 bits per heavy atom. The Morgan fingerprint density at radius 3 is 3.20 bits per heavy atom. The molecule has 0 bridgehead atoms. The van der Waals surface area contributed by atoms with E-state index in [1.54, 1.807) is 6.20 Å². The van der Waals surface area contributed by atoms with Crippen molar-refractivity contribution in [3.8, 4) is 0 Å². The molecule has 1 aliphatic heterocycles. The first-order valence-corrected chi connectivity index (χ1v) is 5.17. The van der Waals surface area contributed by atoms with Gasteiger partial charge in [-0.15, -0.1) is 0 Å². The molecule has 1 aromatic heterocycles. The third kappa shape index (κ3) is 1.05. The minimum absolute atomic E-state index is 0.00671. The van der Waals surface area contributed by atoms with E-state index in [0.717, 1.165) is 12.0 Å². The Labute approximate surface area is 87.3 Å². The molecule has 1 amide bonds. The molecule has 2 N–H and O–H groups in total. The standard InChI is InChI=1S/C11H12N2O2/c14-7-3-4-11(6-7)8-2-1-5-12-9(8)13-10(11)15/h1-2,5,7,14H,3-4,6H2,(H,12,13,15). The normalized spacial score (nSPS) is 33.1. The molecule has 78 valence electrons. The van der Waals surface area contributed by atoms with Crippen LogP contribution in [0.25, 0.3) is 0 Å². The van der Waals surface area contributed by atoms with Gasteiger partial charge in [0.15, 0.2) is 0 Å². The molecule has 2 unspecified atom stereocenters. The van der Waals surface area contributed by atoms with Crippen LogP contribution in [0.2, 0.25) is 0 Å². The van der Waals surface area contributed by atoms with Crippen LogP contribution in [0.5, 0.6) is 0 Å². The third-order valence-corrected chi connectivity index (χ3v) is 3.48. The summed E-state index contributed by atoms with van der Waals surface area (Å²) >= 11 is 0. The highest BCUT2D eigenvalue weighted by molar-refractivity contribution is 6.05. The fourth-order valence-corrected chi connectivity index (χ4v) is 2.71. The van der Waals surface area contributed by atoms with Crippen LogP contribution >= 0.6 is 0 Å². The largest absolute Gasteiger partial charge is 0.393 e. The Bertz CT molecular complexity index is 432. The van der Waals surface area contributed by atoms with E-state index in [0.29, 0.717) is 18.7 Å². The van der Waals surface area contributed by atoms with Crippen LogP contribution in [-0.2, 0) is 10.2 Å². The predicted octanol–water partition coefficient (Wildman–Crippen LogP) is 0.816. The molecule has 1 fully saturated rings. The minimum atomic E-state index is -0.511. The van der Waals surface area contributed by atoms with E-state index >= 15 is 0 Å². The van der Waals surface area contributed by atoms with Crippen molar-refractivity contribution in [2.24, 2.45) is 0 Å². The van der Waals surface area contributed by atoms with Crippen LogP contribution in [0.15, 0.2) is 18.3 Å².